The summed E-state index contributed by atoms with van der Waals surface area (Å²) in [7, 11) is 0. The lowest BCUT2D eigenvalue weighted by molar-refractivity contribution is 0.464. The van der Waals surface area contributed by atoms with Gasteiger partial charge in [0.1, 0.15) is 16.6 Å². The highest BCUT2D eigenvalue weighted by Crippen LogP contribution is 2.31. The van der Waals surface area contributed by atoms with E-state index in [1.165, 1.54) is 6.07 Å². The summed E-state index contributed by atoms with van der Waals surface area (Å²) in [5.41, 5.74) is 1.32. The Morgan fingerprint density at radius 2 is 2.00 bits per heavy atom. The predicted octanol–water partition coefficient (Wildman–Crippen LogP) is 2.80. The van der Waals surface area contributed by atoms with Crippen LogP contribution in [0.1, 0.15) is 11.1 Å². The highest BCUT2D eigenvalue weighted by Gasteiger charge is 2.09. The fourth-order valence-corrected chi connectivity index (χ4v) is 1.02. The van der Waals surface area contributed by atoms with Crippen LogP contribution in [0.2, 0.25) is 5.02 Å². The molecule has 0 unspecified atom stereocenters. The van der Waals surface area contributed by atoms with Crippen LogP contribution in [-0.2, 0) is 0 Å². The lowest BCUT2D eigenvalue weighted by Crippen LogP contribution is -1.86. The van der Waals surface area contributed by atoms with Gasteiger partial charge in [-0.2, -0.15) is 0 Å². The number of phenolic OH excluding ortho intramolecular Hbond substituents is 1. The van der Waals surface area contributed by atoms with Crippen molar-refractivity contribution in [3.8, 4) is 5.75 Å². The van der Waals surface area contributed by atoms with Crippen LogP contribution in [0.3, 0.4) is 0 Å². The van der Waals surface area contributed by atoms with Gasteiger partial charge in [-0.1, -0.05) is 11.6 Å². The second-order valence-corrected chi connectivity index (χ2v) is 2.84. The quantitative estimate of drug-likeness (QED) is 0.641. The van der Waals surface area contributed by atoms with Gasteiger partial charge in [0, 0.05) is 0 Å². The van der Waals surface area contributed by atoms with E-state index in [2.05, 4.69) is 0 Å². The monoisotopic (exact) mass is 174 g/mol. The first-order valence-electron chi connectivity index (χ1n) is 3.18. The van der Waals surface area contributed by atoms with Crippen LogP contribution in [0.25, 0.3) is 0 Å². The SMILES string of the molecule is Cc1cc(F)c(Cl)c(O)c1C. The highest BCUT2D eigenvalue weighted by atomic mass is 35.5. The maximum atomic E-state index is 12.7. The third kappa shape index (κ3) is 1.31. The van der Waals surface area contributed by atoms with Crippen LogP contribution in [0.15, 0.2) is 6.07 Å². The van der Waals surface area contributed by atoms with E-state index in [1.807, 2.05) is 0 Å². The third-order valence-corrected chi connectivity index (χ3v) is 2.07. The van der Waals surface area contributed by atoms with Crippen molar-refractivity contribution in [2.45, 2.75) is 13.8 Å². The largest absolute Gasteiger partial charge is 0.506 e. The Labute approximate surface area is 69.4 Å². The molecule has 60 valence electrons. The van der Waals surface area contributed by atoms with E-state index in [-0.39, 0.29) is 10.8 Å². The summed E-state index contributed by atoms with van der Waals surface area (Å²) >= 11 is 5.43. The van der Waals surface area contributed by atoms with Gasteiger partial charge in [-0.25, -0.2) is 4.39 Å². The molecule has 0 amide bonds. The summed E-state index contributed by atoms with van der Waals surface area (Å²) in [5, 5.41) is 9.00. The first-order chi connectivity index (χ1) is 5.04. The molecule has 0 aliphatic rings. The first kappa shape index (κ1) is 8.34. The average molecular weight is 175 g/mol. The molecule has 0 heterocycles. The summed E-state index contributed by atoms with van der Waals surface area (Å²) < 4.78 is 12.7. The number of halogens is 2. The van der Waals surface area contributed by atoms with Gasteiger partial charge in [-0.05, 0) is 31.0 Å². The smallest absolute Gasteiger partial charge is 0.145 e. The lowest BCUT2D eigenvalue weighted by Gasteiger charge is -2.05. The van der Waals surface area contributed by atoms with E-state index < -0.39 is 5.82 Å². The minimum Gasteiger partial charge on any atom is -0.506 e. The lowest BCUT2D eigenvalue weighted by atomic mass is 10.1. The Kier molecular flexibility index (Phi) is 2.05. The highest BCUT2D eigenvalue weighted by molar-refractivity contribution is 6.32. The zero-order chi connectivity index (χ0) is 8.59. The van der Waals surface area contributed by atoms with Gasteiger partial charge in [-0.15, -0.1) is 0 Å². The zero-order valence-electron chi connectivity index (χ0n) is 6.28. The second kappa shape index (κ2) is 2.70. The summed E-state index contributed by atoms with van der Waals surface area (Å²) in [5.74, 6) is -0.739. The molecule has 1 aromatic carbocycles. The van der Waals surface area contributed by atoms with Gasteiger partial charge in [0.25, 0.3) is 0 Å². The van der Waals surface area contributed by atoms with Crippen molar-refractivity contribution in [1.82, 2.24) is 0 Å². The number of aryl methyl sites for hydroxylation is 1. The van der Waals surface area contributed by atoms with Gasteiger partial charge in [0.2, 0.25) is 0 Å². The number of benzene rings is 1. The van der Waals surface area contributed by atoms with Crippen molar-refractivity contribution in [2.75, 3.05) is 0 Å². The summed E-state index contributed by atoms with van der Waals surface area (Å²) in [4.78, 5) is 0. The number of phenols is 1. The van der Waals surface area contributed by atoms with Gasteiger partial charge in [0.05, 0.1) is 0 Å². The molecule has 0 spiro atoms. The van der Waals surface area contributed by atoms with Crippen LogP contribution in [-0.4, -0.2) is 5.11 Å². The Hall–Kier alpha value is -0.760. The van der Waals surface area contributed by atoms with Crippen LogP contribution >= 0.6 is 11.6 Å². The van der Waals surface area contributed by atoms with Crippen molar-refractivity contribution < 1.29 is 9.50 Å². The van der Waals surface area contributed by atoms with E-state index in [0.717, 1.165) is 0 Å². The Morgan fingerprint density at radius 1 is 1.45 bits per heavy atom. The van der Waals surface area contributed by atoms with Crippen molar-refractivity contribution in [2.24, 2.45) is 0 Å². The van der Waals surface area contributed by atoms with E-state index in [1.54, 1.807) is 13.8 Å². The summed E-state index contributed by atoms with van der Waals surface area (Å²) in [6.07, 6.45) is 0. The molecule has 1 N–H and O–H groups in total. The van der Waals surface area contributed by atoms with E-state index >= 15 is 0 Å². The van der Waals surface area contributed by atoms with E-state index in [9.17, 15) is 9.50 Å². The molecule has 0 aromatic heterocycles. The molecule has 1 nitrogen and oxygen atoms in total. The Morgan fingerprint density at radius 3 is 2.55 bits per heavy atom. The molecular formula is C8H8ClFO. The normalized spacial score (nSPS) is 10.2. The van der Waals surface area contributed by atoms with Gasteiger partial charge < -0.3 is 5.11 Å². The molecule has 0 atom stereocenters. The number of hydrogen-bond donors (Lipinski definition) is 1. The van der Waals surface area contributed by atoms with E-state index in [0.29, 0.717) is 11.1 Å². The first-order valence-corrected chi connectivity index (χ1v) is 3.56. The van der Waals surface area contributed by atoms with Crippen LogP contribution < -0.4 is 0 Å². The maximum absolute atomic E-state index is 12.7. The fraction of sp³-hybridized carbons (Fsp3) is 0.250. The number of rotatable bonds is 0. The second-order valence-electron chi connectivity index (χ2n) is 2.46. The minimum atomic E-state index is -0.577. The molecule has 1 aromatic rings. The number of aromatic hydroxyl groups is 1. The molecule has 0 fully saturated rings. The van der Waals surface area contributed by atoms with Crippen molar-refractivity contribution in [1.29, 1.82) is 0 Å². The zero-order valence-corrected chi connectivity index (χ0v) is 7.04. The topological polar surface area (TPSA) is 20.2 Å². The van der Waals surface area contributed by atoms with Crippen molar-refractivity contribution >= 4 is 11.6 Å². The molecule has 1 rings (SSSR count). The summed E-state index contributed by atoms with van der Waals surface area (Å²) in [6.45, 7) is 3.41. The molecule has 0 aliphatic carbocycles. The molecular weight excluding hydrogens is 167 g/mol. The maximum Gasteiger partial charge on any atom is 0.145 e. The molecule has 0 radical (unpaired) electrons. The van der Waals surface area contributed by atoms with Gasteiger partial charge in [0.15, 0.2) is 0 Å². The van der Waals surface area contributed by atoms with Crippen LogP contribution in [0.5, 0.6) is 5.75 Å². The number of hydrogen-bond acceptors (Lipinski definition) is 1. The average Bonchev–Trinajstić information content (AvgIpc) is 1.97. The van der Waals surface area contributed by atoms with Crippen LogP contribution in [0.4, 0.5) is 4.39 Å². The molecule has 3 heteroatoms. The van der Waals surface area contributed by atoms with Crippen LogP contribution in [0, 0.1) is 19.7 Å². The van der Waals surface area contributed by atoms with Crippen molar-refractivity contribution in [3.05, 3.63) is 28.0 Å². The molecule has 0 bridgehead atoms. The molecule has 0 saturated carbocycles. The minimum absolute atomic E-state index is 0.163. The predicted molar refractivity (Wildman–Crippen MR) is 42.5 cm³/mol. The van der Waals surface area contributed by atoms with Gasteiger partial charge >= 0.3 is 0 Å². The molecule has 11 heavy (non-hydrogen) atoms. The Balaban J connectivity index is 3.46. The molecule has 0 aliphatic heterocycles. The fourth-order valence-electron chi connectivity index (χ4n) is 0.826. The molecule has 0 saturated heterocycles. The summed E-state index contributed by atoms with van der Waals surface area (Å²) in [6, 6.07) is 1.30. The van der Waals surface area contributed by atoms with Gasteiger partial charge in [-0.3, -0.25) is 0 Å². The standard InChI is InChI=1S/C8H8ClFO/c1-4-3-6(10)7(9)8(11)5(4)2/h3,11H,1-2H3. The van der Waals surface area contributed by atoms with E-state index in [4.69, 9.17) is 11.6 Å². The Bertz CT molecular complexity index is 270. The van der Waals surface area contributed by atoms with Crippen molar-refractivity contribution in [3.63, 3.8) is 0 Å². The third-order valence-electron chi connectivity index (χ3n) is 1.71.